The third kappa shape index (κ3) is 3.39. The van der Waals surface area contributed by atoms with E-state index in [9.17, 15) is 13.2 Å². The molecule has 0 amide bonds. The predicted molar refractivity (Wildman–Crippen MR) is 91.3 cm³/mol. The summed E-state index contributed by atoms with van der Waals surface area (Å²) in [7, 11) is 4.95. The van der Waals surface area contributed by atoms with Gasteiger partial charge >= 0.3 is 6.18 Å². The lowest BCUT2D eigenvalue weighted by atomic mass is 10.3. The molecule has 0 atom stereocenters. The molecule has 3 heterocycles. The lowest BCUT2D eigenvalue weighted by molar-refractivity contribution is -0.141. The van der Waals surface area contributed by atoms with Crippen molar-refractivity contribution in [1.29, 1.82) is 0 Å². The first-order valence-corrected chi connectivity index (χ1v) is 8.30. The van der Waals surface area contributed by atoms with Crippen molar-refractivity contribution in [2.24, 2.45) is 0 Å². The van der Waals surface area contributed by atoms with E-state index < -0.39 is 11.9 Å². The zero-order valence-corrected chi connectivity index (χ0v) is 15.0. The second kappa shape index (κ2) is 6.17. The van der Waals surface area contributed by atoms with Crippen LogP contribution in [0.5, 0.6) is 0 Å². The van der Waals surface area contributed by atoms with Crippen LogP contribution in [-0.4, -0.2) is 40.5 Å². The number of hydrogen-bond acceptors (Lipinski definition) is 6. The monoisotopic (exact) mass is 370 g/mol. The number of hydrogen-bond donors (Lipinski definition) is 0. The van der Waals surface area contributed by atoms with Gasteiger partial charge in [-0.25, -0.2) is 9.97 Å². The first-order valence-electron chi connectivity index (χ1n) is 7.42. The van der Waals surface area contributed by atoms with Crippen LogP contribution in [0, 0.1) is 6.92 Å². The number of aromatic nitrogens is 4. The highest BCUT2D eigenvalue weighted by atomic mass is 32.1. The SMILES string of the molecule is Cc1nc2sccn2c1CN(C)c1nc(N(C)C)cc(C(F)(F)F)n1. The zero-order valence-electron chi connectivity index (χ0n) is 14.2. The Morgan fingerprint density at radius 2 is 1.88 bits per heavy atom. The lowest BCUT2D eigenvalue weighted by Gasteiger charge is -2.21. The molecule has 0 fully saturated rings. The standard InChI is InChI=1S/C15H17F3N6S/c1-9-10(24-5-6-25-14(24)19-9)8-23(4)13-20-11(15(16,17)18)7-12(21-13)22(2)3/h5-7H,8H2,1-4H3. The van der Waals surface area contributed by atoms with E-state index in [2.05, 4.69) is 15.0 Å². The van der Waals surface area contributed by atoms with E-state index >= 15 is 0 Å². The van der Waals surface area contributed by atoms with E-state index in [4.69, 9.17) is 0 Å². The molecule has 0 bridgehead atoms. The van der Waals surface area contributed by atoms with Crippen molar-refractivity contribution in [3.8, 4) is 0 Å². The normalized spacial score (nSPS) is 12.0. The van der Waals surface area contributed by atoms with Gasteiger partial charge < -0.3 is 9.80 Å². The predicted octanol–water partition coefficient (Wildman–Crippen LogP) is 3.22. The largest absolute Gasteiger partial charge is 0.433 e. The van der Waals surface area contributed by atoms with Crippen LogP contribution >= 0.6 is 11.3 Å². The minimum Gasteiger partial charge on any atom is -0.363 e. The maximum atomic E-state index is 13.1. The fraction of sp³-hybridized carbons (Fsp3) is 0.400. The summed E-state index contributed by atoms with van der Waals surface area (Å²) in [5.74, 6) is 0.220. The topological polar surface area (TPSA) is 49.6 Å². The van der Waals surface area contributed by atoms with Gasteiger partial charge in [0.15, 0.2) is 10.7 Å². The fourth-order valence-electron chi connectivity index (χ4n) is 2.39. The minimum absolute atomic E-state index is 0.0168. The number of nitrogens with zero attached hydrogens (tertiary/aromatic N) is 6. The summed E-state index contributed by atoms with van der Waals surface area (Å²) in [5, 5.41) is 1.91. The van der Waals surface area contributed by atoms with Gasteiger partial charge in [-0.15, -0.1) is 11.3 Å². The van der Waals surface area contributed by atoms with Crippen LogP contribution in [0.4, 0.5) is 24.9 Å². The molecule has 0 N–H and O–H groups in total. The molecule has 0 aliphatic carbocycles. The molecule has 0 saturated heterocycles. The molecular weight excluding hydrogens is 353 g/mol. The minimum atomic E-state index is -4.53. The van der Waals surface area contributed by atoms with Crippen molar-refractivity contribution in [2.45, 2.75) is 19.6 Å². The molecule has 0 aliphatic heterocycles. The Morgan fingerprint density at radius 3 is 2.52 bits per heavy atom. The fourth-order valence-corrected chi connectivity index (χ4v) is 3.17. The van der Waals surface area contributed by atoms with Gasteiger partial charge in [-0.3, -0.25) is 4.40 Å². The van der Waals surface area contributed by atoms with Crippen molar-refractivity contribution >= 4 is 28.1 Å². The average Bonchev–Trinajstić information content (AvgIpc) is 3.08. The first-order chi connectivity index (χ1) is 11.7. The van der Waals surface area contributed by atoms with Gasteiger partial charge in [-0.05, 0) is 6.92 Å². The van der Waals surface area contributed by atoms with Gasteiger partial charge in [0.25, 0.3) is 0 Å². The Hall–Kier alpha value is -2.36. The maximum Gasteiger partial charge on any atom is 0.433 e. The third-order valence-corrected chi connectivity index (χ3v) is 4.50. The Bertz CT molecular complexity index is 898. The quantitative estimate of drug-likeness (QED) is 0.706. The Morgan fingerprint density at radius 1 is 1.16 bits per heavy atom. The number of imidazole rings is 1. The van der Waals surface area contributed by atoms with Crippen molar-refractivity contribution in [1.82, 2.24) is 19.4 Å². The molecule has 0 aliphatic rings. The van der Waals surface area contributed by atoms with Crippen molar-refractivity contribution < 1.29 is 13.2 Å². The molecular formula is C15H17F3N6S. The number of fused-ring (bicyclic) bond motifs is 1. The molecule has 3 rings (SSSR count). The zero-order chi connectivity index (χ0) is 18.4. The number of anilines is 2. The summed E-state index contributed by atoms with van der Waals surface area (Å²) in [4.78, 5) is 16.4. The summed E-state index contributed by atoms with van der Waals surface area (Å²) in [6.45, 7) is 2.22. The van der Waals surface area contributed by atoms with Gasteiger partial charge in [0.1, 0.15) is 5.82 Å². The van der Waals surface area contributed by atoms with E-state index in [1.54, 1.807) is 26.0 Å². The van der Waals surface area contributed by atoms with Gasteiger partial charge in [0, 0.05) is 38.8 Å². The smallest absolute Gasteiger partial charge is 0.363 e. The van der Waals surface area contributed by atoms with Crippen LogP contribution in [0.1, 0.15) is 17.1 Å². The molecule has 3 aromatic heterocycles. The number of aryl methyl sites for hydroxylation is 1. The summed E-state index contributed by atoms with van der Waals surface area (Å²) in [5.41, 5.74) is 0.767. The summed E-state index contributed by atoms with van der Waals surface area (Å²) in [6.07, 6.45) is -2.64. The maximum absolute atomic E-state index is 13.1. The van der Waals surface area contributed by atoms with Crippen molar-refractivity contribution in [3.05, 3.63) is 34.7 Å². The highest BCUT2D eigenvalue weighted by Gasteiger charge is 2.34. The van der Waals surface area contributed by atoms with Crippen LogP contribution < -0.4 is 9.80 Å². The van der Waals surface area contributed by atoms with E-state index in [1.807, 2.05) is 22.9 Å². The highest BCUT2D eigenvalue weighted by molar-refractivity contribution is 7.15. The van der Waals surface area contributed by atoms with E-state index in [0.717, 1.165) is 22.4 Å². The molecule has 3 aromatic rings. The number of thiazole rings is 1. The van der Waals surface area contributed by atoms with Crippen molar-refractivity contribution in [2.75, 3.05) is 30.9 Å². The molecule has 6 nitrogen and oxygen atoms in total. The molecule has 0 radical (unpaired) electrons. The summed E-state index contributed by atoms with van der Waals surface area (Å²) >= 11 is 1.50. The first kappa shape index (κ1) is 17.5. The van der Waals surface area contributed by atoms with E-state index in [-0.39, 0.29) is 11.8 Å². The van der Waals surface area contributed by atoms with Gasteiger partial charge in [-0.1, -0.05) is 0 Å². The highest BCUT2D eigenvalue weighted by Crippen LogP contribution is 2.31. The second-order valence-corrected chi connectivity index (χ2v) is 6.73. The molecule has 0 aromatic carbocycles. The summed E-state index contributed by atoms with van der Waals surface area (Å²) in [6, 6.07) is 0.943. The molecule has 0 spiro atoms. The molecule has 134 valence electrons. The van der Waals surface area contributed by atoms with Crippen LogP contribution in [0.2, 0.25) is 0 Å². The number of alkyl halides is 3. The van der Waals surface area contributed by atoms with Crippen LogP contribution in [0.15, 0.2) is 17.6 Å². The molecule has 25 heavy (non-hydrogen) atoms. The number of rotatable bonds is 4. The van der Waals surface area contributed by atoms with E-state index in [1.165, 1.54) is 16.2 Å². The number of halogens is 3. The van der Waals surface area contributed by atoms with Gasteiger partial charge in [-0.2, -0.15) is 18.2 Å². The van der Waals surface area contributed by atoms with Crippen LogP contribution in [-0.2, 0) is 12.7 Å². The Labute approximate surface area is 146 Å². The molecule has 0 unspecified atom stereocenters. The van der Waals surface area contributed by atoms with Crippen LogP contribution in [0.3, 0.4) is 0 Å². The van der Waals surface area contributed by atoms with Crippen LogP contribution in [0.25, 0.3) is 4.96 Å². The molecule has 0 saturated carbocycles. The third-order valence-electron chi connectivity index (χ3n) is 3.74. The Kier molecular flexibility index (Phi) is 4.31. The Balaban J connectivity index is 1.98. The lowest BCUT2D eigenvalue weighted by Crippen LogP contribution is -2.24. The van der Waals surface area contributed by atoms with Crippen molar-refractivity contribution in [3.63, 3.8) is 0 Å². The molecule has 10 heteroatoms. The summed E-state index contributed by atoms with van der Waals surface area (Å²) < 4.78 is 41.4. The van der Waals surface area contributed by atoms with Gasteiger partial charge in [0.2, 0.25) is 5.95 Å². The average molecular weight is 370 g/mol. The van der Waals surface area contributed by atoms with Gasteiger partial charge in [0.05, 0.1) is 17.9 Å². The van der Waals surface area contributed by atoms with E-state index in [0.29, 0.717) is 6.54 Å². The second-order valence-electron chi connectivity index (χ2n) is 5.86.